The molecule has 1 saturated heterocycles. The molecule has 3 rings (SSSR count). The zero-order valence-corrected chi connectivity index (χ0v) is 20.9. The molecule has 1 aliphatic rings. The Labute approximate surface area is 207 Å². The highest BCUT2D eigenvalue weighted by Gasteiger charge is 2.45. The van der Waals surface area contributed by atoms with E-state index in [9.17, 15) is 19.8 Å². The van der Waals surface area contributed by atoms with Crippen molar-refractivity contribution in [3.63, 3.8) is 0 Å². The summed E-state index contributed by atoms with van der Waals surface area (Å²) in [6.07, 6.45) is 2.61. The second-order valence-corrected chi connectivity index (χ2v) is 8.69. The van der Waals surface area contributed by atoms with E-state index in [1.807, 2.05) is 0 Å². The molecule has 0 saturated carbocycles. The first-order chi connectivity index (χ1) is 16.9. The number of rotatable bonds is 12. The predicted molar refractivity (Wildman–Crippen MR) is 136 cm³/mol. The molecule has 1 aliphatic heterocycles. The molecule has 1 amide bonds. The van der Waals surface area contributed by atoms with Crippen LogP contribution >= 0.6 is 0 Å². The van der Waals surface area contributed by atoms with Gasteiger partial charge >= 0.3 is 0 Å². The Kier molecular flexibility index (Phi) is 9.32. The highest BCUT2D eigenvalue weighted by Crippen LogP contribution is 2.40. The molecule has 1 unspecified atom stereocenters. The van der Waals surface area contributed by atoms with E-state index in [-0.39, 0.29) is 17.1 Å². The Morgan fingerprint density at radius 1 is 1.03 bits per heavy atom. The maximum absolute atomic E-state index is 13.2. The third-order valence-corrected chi connectivity index (χ3v) is 6.39. The molecule has 0 spiro atoms. The van der Waals surface area contributed by atoms with Gasteiger partial charge in [0.15, 0.2) is 0 Å². The van der Waals surface area contributed by atoms with E-state index in [0.717, 1.165) is 32.5 Å². The number of aliphatic hydroxyl groups excluding tert-OH is 1. The maximum atomic E-state index is 13.2. The number of likely N-dealkylation sites (tertiary alicyclic amines) is 1. The van der Waals surface area contributed by atoms with Crippen LogP contribution in [0, 0.1) is 0 Å². The summed E-state index contributed by atoms with van der Waals surface area (Å²) in [4.78, 5) is 30.1. The number of aromatic hydroxyl groups is 1. The van der Waals surface area contributed by atoms with E-state index < -0.39 is 17.7 Å². The van der Waals surface area contributed by atoms with Crippen molar-refractivity contribution in [1.29, 1.82) is 0 Å². The fourth-order valence-electron chi connectivity index (χ4n) is 4.34. The predicted octanol–water partition coefficient (Wildman–Crippen LogP) is 4.72. The number of nitrogens with zero attached hydrogens (tertiary/aromatic N) is 2. The third-order valence-electron chi connectivity index (χ3n) is 6.39. The Morgan fingerprint density at radius 3 is 2.40 bits per heavy atom. The van der Waals surface area contributed by atoms with Crippen LogP contribution < -0.4 is 4.74 Å². The zero-order chi connectivity index (χ0) is 25.4. The van der Waals surface area contributed by atoms with Gasteiger partial charge < -0.3 is 24.7 Å². The molecule has 35 heavy (non-hydrogen) atoms. The number of amides is 1. The van der Waals surface area contributed by atoms with Gasteiger partial charge in [0.25, 0.3) is 11.7 Å². The molecule has 2 aromatic carbocycles. The number of ether oxygens (including phenoxy) is 1. The van der Waals surface area contributed by atoms with Gasteiger partial charge in [0.2, 0.25) is 0 Å². The average Bonchev–Trinajstić information content (AvgIpc) is 3.12. The molecule has 188 valence electrons. The van der Waals surface area contributed by atoms with Gasteiger partial charge in [-0.15, -0.1) is 0 Å². The number of carbonyl (C=O) groups excluding carboxylic acids is 2. The van der Waals surface area contributed by atoms with Crippen LogP contribution in [0.25, 0.3) is 5.76 Å². The van der Waals surface area contributed by atoms with Crippen molar-refractivity contribution in [3.05, 3.63) is 65.2 Å². The number of phenols is 1. The third kappa shape index (κ3) is 6.22. The van der Waals surface area contributed by atoms with Crippen molar-refractivity contribution in [2.45, 2.75) is 46.1 Å². The normalized spacial score (nSPS) is 17.4. The van der Waals surface area contributed by atoms with Gasteiger partial charge in [0.05, 0.1) is 18.2 Å². The first-order valence-corrected chi connectivity index (χ1v) is 12.4. The van der Waals surface area contributed by atoms with Gasteiger partial charge in [0.1, 0.15) is 17.3 Å². The van der Waals surface area contributed by atoms with Gasteiger partial charge in [-0.3, -0.25) is 9.59 Å². The van der Waals surface area contributed by atoms with Gasteiger partial charge in [-0.25, -0.2) is 0 Å². The van der Waals surface area contributed by atoms with Crippen LogP contribution in [0.5, 0.6) is 11.5 Å². The molecule has 7 nitrogen and oxygen atoms in total. The largest absolute Gasteiger partial charge is 0.508 e. The first kappa shape index (κ1) is 26.3. The lowest BCUT2D eigenvalue weighted by Gasteiger charge is -2.26. The van der Waals surface area contributed by atoms with Crippen molar-refractivity contribution < 1.29 is 24.5 Å². The van der Waals surface area contributed by atoms with E-state index in [4.69, 9.17) is 4.74 Å². The highest BCUT2D eigenvalue weighted by molar-refractivity contribution is 6.46. The fraction of sp³-hybridized carbons (Fsp3) is 0.429. The van der Waals surface area contributed by atoms with Crippen LogP contribution in [0.4, 0.5) is 0 Å². The number of aliphatic hydroxyl groups is 1. The molecule has 0 aromatic heterocycles. The Hall–Kier alpha value is -3.32. The highest BCUT2D eigenvalue weighted by atomic mass is 16.5. The van der Waals surface area contributed by atoms with Gasteiger partial charge in [-0.05, 0) is 62.3 Å². The van der Waals surface area contributed by atoms with Crippen molar-refractivity contribution in [2.24, 2.45) is 0 Å². The zero-order valence-electron chi connectivity index (χ0n) is 20.9. The van der Waals surface area contributed by atoms with Crippen molar-refractivity contribution in [1.82, 2.24) is 9.80 Å². The standard InChI is InChI=1S/C28H36N2O5/c1-4-7-18-35-23-11-8-10-21(19-23)26(32)24-25(20-12-14-22(31)15-13-20)30(28(34)27(24)33)17-9-16-29(5-2)6-3/h8,10-15,19,25,31-32H,4-7,9,16-18H2,1-3H3/b26-24+. The van der Waals surface area contributed by atoms with Crippen LogP contribution in [0.2, 0.25) is 0 Å². The molecule has 1 atom stereocenters. The minimum Gasteiger partial charge on any atom is -0.508 e. The lowest BCUT2D eigenvalue weighted by molar-refractivity contribution is -0.140. The number of ketones is 1. The van der Waals surface area contributed by atoms with E-state index in [1.165, 1.54) is 17.0 Å². The van der Waals surface area contributed by atoms with Crippen LogP contribution in [0.3, 0.4) is 0 Å². The second-order valence-electron chi connectivity index (χ2n) is 8.69. The summed E-state index contributed by atoms with van der Waals surface area (Å²) >= 11 is 0. The van der Waals surface area contributed by atoms with E-state index >= 15 is 0 Å². The first-order valence-electron chi connectivity index (χ1n) is 12.4. The smallest absolute Gasteiger partial charge is 0.295 e. The van der Waals surface area contributed by atoms with E-state index in [0.29, 0.717) is 36.4 Å². The molecule has 0 bridgehead atoms. The summed E-state index contributed by atoms with van der Waals surface area (Å²) in [7, 11) is 0. The Morgan fingerprint density at radius 2 is 1.74 bits per heavy atom. The SMILES string of the molecule is CCCCOc1cccc(/C(O)=C2\C(=O)C(=O)N(CCCN(CC)CC)C2c2ccc(O)cc2)c1. The Bertz CT molecular complexity index is 1040. The molecule has 0 aliphatic carbocycles. The van der Waals surface area contributed by atoms with Crippen molar-refractivity contribution >= 4 is 17.4 Å². The van der Waals surface area contributed by atoms with Gasteiger partial charge in [-0.1, -0.05) is 51.5 Å². The summed E-state index contributed by atoms with van der Waals surface area (Å²) in [5.74, 6) is -0.879. The number of phenolic OH excluding ortho intramolecular Hbond substituents is 1. The molecule has 7 heteroatoms. The summed E-state index contributed by atoms with van der Waals surface area (Å²) in [5, 5.41) is 21.0. The van der Waals surface area contributed by atoms with Gasteiger partial charge in [0, 0.05) is 12.1 Å². The molecular formula is C28H36N2O5. The summed E-state index contributed by atoms with van der Waals surface area (Å²) in [5.41, 5.74) is 1.12. The number of hydrogen-bond donors (Lipinski definition) is 2. The monoisotopic (exact) mass is 480 g/mol. The molecule has 1 heterocycles. The molecule has 0 radical (unpaired) electrons. The van der Waals surface area contributed by atoms with Crippen molar-refractivity contribution in [2.75, 3.05) is 32.8 Å². The molecule has 2 N–H and O–H groups in total. The van der Waals surface area contributed by atoms with Gasteiger partial charge in [-0.2, -0.15) is 0 Å². The summed E-state index contributed by atoms with van der Waals surface area (Å²) < 4.78 is 5.76. The van der Waals surface area contributed by atoms with Crippen LogP contribution in [0.1, 0.15) is 57.2 Å². The number of Topliss-reactive ketones (excluding diaryl/α,β-unsaturated/α-hetero) is 1. The molecular weight excluding hydrogens is 444 g/mol. The second kappa shape index (κ2) is 12.4. The maximum Gasteiger partial charge on any atom is 0.295 e. The van der Waals surface area contributed by atoms with Crippen LogP contribution in [-0.2, 0) is 9.59 Å². The number of hydrogen-bond acceptors (Lipinski definition) is 6. The minimum absolute atomic E-state index is 0.0502. The topological polar surface area (TPSA) is 90.3 Å². The average molecular weight is 481 g/mol. The molecule has 1 fully saturated rings. The summed E-state index contributed by atoms with van der Waals surface area (Å²) in [6, 6.07) is 12.6. The lowest BCUT2D eigenvalue weighted by Crippen LogP contribution is -2.33. The van der Waals surface area contributed by atoms with Crippen LogP contribution in [0.15, 0.2) is 54.1 Å². The fourth-order valence-corrected chi connectivity index (χ4v) is 4.34. The van der Waals surface area contributed by atoms with E-state index in [1.54, 1.807) is 36.4 Å². The van der Waals surface area contributed by atoms with Crippen LogP contribution in [-0.4, -0.2) is 64.5 Å². The van der Waals surface area contributed by atoms with Crippen molar-refractivity contribution in [3.8, 4) is 11.5 Å². The quantitative estimate of drug-likeness (QED) is 0.198. The van der Waals surface area contributed by atoms with E-state index in [2.05, 4.69) is 25.7 Å². The summed E-state index contributed by atoms with van der Waals surface area (Å²) in [6.45, 7) is 9.82. The number of carbonyl (C=O) groups is 2. The lowest BCUT2D eigenvalue weighted by atomic mass is 9.95. The molecule has 2 aromatic rings. The number of benzene rings is 2. The number of unbranched alkanes of at least 4 members (excludes halogenated alkanes) is 1. The Balaban J connectivity index is 1.98. The minimum atomic E-state index is -0.739.